The summed E-state index contributed by atoms with van der Waals surface area (Å²) in [7, 11) is 5.93. The highest BCUT2D eigenvalue weighted by Gasteiger charge is 2.64. The zero-order valence-electron chi connectivity index (χ0n) is 31.5. The summed E-state index contributed by atoms with van der Waals surface area (Å²) in [6, 6.07) is 2.64. The highest BCUT2D eigenvalue weighted by molar-refractivity contribution is 6.35. The van der Waals surface area contributed by atoms with E-state index in [4.69, 9.17) is 35.3 Å². The average Bonchev–Trinajstić information content (AvgIpc) is 3.79. The minimum absolute atomic E-state index is 0.0893. The quantitative estimate of drug-likeness (QED) is 0.271. The van der Waals surface area contributed by atoms with Gasteiger partial charge in [-0.1, -0.05) is 50.6 Å². The first-order valence-corrected chi connectivity index (χ1v) is 17.7. The fourth-order valence-corrected chi connectivity index (χ4v) is 7.11. The van der Waals surface area contributed by atoms with Gasteiger partial charge in [0, 0.05) is 45.5 Å². The van der Waals surface area contributed by atoms with Gasteiger partial charge in [0.15, 0.2) is 5.72 Å². The number of allylic oxidation sites excluding steroid dienone is 2. The van der Waals surface area contributed by atoms with E-state index in [1.165, 1.54) is 31.1 Å². The average molecular weight is 750 g/mol. The Balaban J connectivity index is 1.78. The number of methoxy groups -OCH3 is 2. The smallest absolute Gasteiger partial charge is 0.409 e. The molecule has 14 nitrogen and oxygen atoms in total. The summed E-state index contributed by atoms with van der Waals surface area (Å²) in [6.07, 6.45) is -1.50. The minimum Gasteiger partial charge on any atom is -0.495 e. The van der Waals surface area contributed by atoms with Crippen molar-refractivity contribution < 1.29 is 53.1 Å². The number of rotatable bonds is 7. The summed E-state index contributed by atoms with van der Waals surface area (Å²) in [5, 5.41) is 25.7. The summed E-state index contributed by atoms with van der Waals surface area (Å²) in [4.78, 5) is 55.8. The standard InChI is InChI=1S/C37H52ClN3O11/c1-19(2)34(45)40(7)21(4)14-30(43)51-28-17-29(42)41(8)24-15-23(16-25(48-9)31(24)38)32(44)20(3)12-11-13-27(49-10)37(47)18-26(50-35(46)39-37)22(5)33-36(28,6)52-33/h11-13,15-16,19,21-22,26-28,32-33,44,47H,14,17-18H2,1-10H3,(H,39,46)/b13-11+,20-12+. The van der Waals surface area contributed by atoms with Gasteiger partial charge in [-0.2, -0.15) is 0 Å². The van der Waals surface area contributed by atoms with Crippen LogP contribution < -0.4 is 15.0 Å². The second-order valence-corrected chi connectivity index (χ2v) is 14.9. The van der Waals surface area contributed by atoms with Crippen LogP contribution in [0.4, 0.5) is 10.5 Å². The number of epoxide rings is 1. The van der Waals surface area contributed by atoms with Gasteiger partial charge in [0.25, 0.3) is 0 Å². The molecule has 0 aliphatic carbocycles. The number of hydrogen-bond acceptors (Lipinski definition) is 11. The molecule has 2 fully saturated rings. The Kier molecular flexibility index (Phi) is 12.7. The summed E-state index contributed by atoms with van der Waals surface area (Å²) < 4.78 is 29.0. The van der Waals surface area contributed by atoms with Gasteiger partial charge in [-0.3, -0.25) is 19.7 Å². The number of nitrogens with zero attached hydrogens (tertiary/aromatic N) is 2. The number of hydrogen-bond donors (Lipinski definition) is 3. The van der Waals surface area contributed by atoms with E-state index in [1.807, 2.05) is 0 Å². The summed E-state index contributed by atoms with van der Waals surface area (Å²) >= 11 is 6.71. The van der Waals surface area contributed by atoms with Gasteiger partial charge in [0.05, 0.1) is 31.7 Å². The van der Waals surface area contributed by atoms with Crippen LogP contribution in [-0.2, 0) is 33.3 Å². The van der Waals surface area contributed by atoms with Crippen LogP contribution in [-0.4, -0.2) is 109 Å². The molecule has 3 aliphatic heterocycles. The number of anilines is 1. The second kappa shape index (κ2) is 16.1. The number of alkyl carbamates (subject to hydrolysis) is 1. The van der Waals surface area contributed by atoms with Gasteiger partial charge in [0.2, 0.25) is 11.8 Å². The summed E-state index contributed by atoms with van der Waals surface area (Å²) in [6.45, 7) is 10.5. The van der Waals surface area contributed by atoms with Crippen molar-refractivity contribution in [1.82, 2.24) is 10.2 Å². The predicted octanol–water partition coefficient (Wildman–Crippen LogP) is 4.05. The molecule has 0 aromatic heterocycles. The lowest BCUT2D eigenvalue weighted by molar-refractivity contribution is -0.155. The van der Waals surface area contributed by atoms with Gasteiger partial charge < -0.3 is 43.7 Å². The van der Waals surface area contributed by atoms with E-state index in [9.17, 15) is 29.4 Å². The number of fused-ring (bicyclic) bond motifs is 5. The number of carbonyl (C=O) groups is 4. The van der Waals surface area contributed by atoms with E-state index >= 15 is 0 Å². The maximum Gasteiger partial charge on any atom is 0.409 e. The third kappa shape index (κ3) is 8.57. The van der Waals surface area contributed by atoms with E-state index in [-0.39, 0.29) is 47.5 Å². The first-order chi connectivity index (χ1) is 24.3. The molecule has 3 N–H and O–H groups in total. The van der Waals surface area contributed by atoms with E-state index < -0.39 is 71.8 Å². The third-order valence-electron chi connectivity index (χ3n) is 10.4. The van der Waals surface area contributed by atoms with Crippen LogP contribution in [0.15, 0.2) is 35.9 Å². The van der Waals surface area contributed by atoms with Gasteiger partial charge in [-0.05, 0) is 44.0 Å². The molecule has 3 amide bonds. The molecule has 1 aromatic rings. The summed E-state index contributed by atoms with van der Waals surface area (Å²) in [5.41, 5.74) is -1.98. The van der Waals surface area contributed by atoms with Crippen LogP contribution >= 0.6 is 11.6 Å². The van der Waals surface area contributed by atoms with Crippen LogP contribution in [0.1, 0.15) is 72.5 Å². The molecule has 2 saturated heterocycles. The second-order valence-electron chi connectivity index (χ2n) is 14.5. The maximum absolute atomic E-state index is 14.1. The number of amides is 3. The van der Waals surface area contributed by atoms with Gasteiger partial charge >= 0.3 is 12.1 Å². The van der Waals surface area contributed by atoms with Crippen LogP contribution in [0.25, 0.3) is 0 Å². The first kappa shape index (κ1) is 41.1. The molecule has 0 spiro atoms. The molecule has 1 aromatic carbocycles. The Bertz CT molecular complexity index is 1600. The van der Waals surface area contributed by atoms with Gasteiger partial charge in [-0.15, -0.1) is 0 Å². The van der Waals surface area contributed by atoms with E-state index in [0.717, 1.165) is 0 Å². The number of nitrogens with one attached hydrogen (secondary N) is 1. The molecule has 3 heterocycles. The van der Waals surface area contributed by atoms with E-state index in [1.54, 1.807) is 79.0 Å². The molecule has 9 unspecified atom stereocenters. The van der Waals surface area contributed by atoms with Crippen molar-refractivity contribution in [3.05, 3.63) is 46.5 Å². The maximum atomic E-state index is 14.1. The number of halogens is 1. The van der Waals surface area contributed by atoms with Crippen molar-refractivity contribution in [3.8, 4) is 5.75 Å². The number of aliphatic hydroxyl groups is 2. The molecule has 4 rings (SSSR count). The normalized spacial score (nSPS) is 33.1. The number of ether oxygens (including phenoxy) is 5. The third-order valence-corrected chi connectivity index (χ3v) is 10.8. The molecule has 3 aliphatic rings. The molecule has 288 valence electrons. The lowest BCUT2D eigenvalue weighted by Crippen LogP contribution is -2.63. The predicted molar refractivity (Wildman–Crippen MR) is 192 cm³/mol. The van der Waals surface area contributed by atoms with E-state index in [2.05, 4.69) is 5.32 Å². The van der Waals surface area contributed by atoms with Crippen molar-refractivity contribution >= 4 is 41.2 Å². The first-order valence-electron chi connectivity index (χ1n) is 17.3. The molecule has 9 atom stereocenters. The van der Waals surface area contributed by atoms with Crippen molar-refractivity contribution in [1.29, 1.82) is 0 Å². The molecule has 4 bridgehead atoms. The Morgan fingerprint density at radius 1 is 1.21 bits per heavy atom. The Morgan fingerprint density at radius 2 is 1.88 bits per heavy atom. The molecule has 15 heteroatoms. The number of carbonyl (C=O) groups excluding carboxylic acids is 4. The van der Waals surface area contributed by atoms with E-state index in [0.29, 0.717) is 11.1 Å². The van der Waals surface area contributed by atoms with Crippen molar-refractivity contribution in [2.45, 2.75) is 109 Å². The van der Waals surface area contributed by atoms with Crippen molar-refractivity contribution in [2.75, 3.05) is 33.2 Å². The van der Waals surface area contributed by atoms with Crippen LogP contribution in [0.2, 0.25) is 5.02 Å². The molecule has 52 heavy (non-hydrogen) atoms. The highest BCUT2D eigenvalue weighted by atomic mass is 35.5. The number of esters is 1. The molecular formula is C37H52ClN3O11. The Labute approximate surface area is 310 Å². The fourth-order valence-electron chi connectivity index (χ4n) is 6.80. The number of aliphatic hydroxyl groups excluding tert-OH is 1. The van der Waals surface area contributed by atoms with Crippen molar-refractivity contribution in [2.24, 2.45) is 11.8 Å². The molecule has 0 saturated carbocycles. The van der Waals surface area contributed by atoms with Gasteiger partial charge in [0.1, 0.15) is 40.8 Å². The lowest BCUT2D eigenvalue weighted by Gasteiger charge is -2.42. The van der Waals surface area contributed by atoms with Crippen molar-refractivity contribution in [3.63, 3.8) is 0 Å². The molecular weight excluding hydrogens is 698 g/mol. The Hall–Kier alpha value is -3.69. The lowest BCUT2D eigenvalue weighted by atomic mass is 9.83. The topological polar surface area (TPSA) is 177 Å². The summed E-state index contributed by atoms with van der Waals surface area (Å²) in [5.74, 6) is -1.87. The van der Waals surface area contributed by atoms with Crippen LogP contribution in [0.5, 0.6) is 5.75 Å². The highest BCUT2D eigenvalue weighted by Crippen LogP contribution is 2.49. The van der Waals surface area contributed by atoms with Gasteiger partial charge in [-0.25, -0.2) is 4.79 Å². The monoisotopic (exact) mass is 749 g/mol. The minimum atomic E-state index is -1.88. The fraction of sp³-hybridized carbons (Fsp3) is 0.622. The number of benzene rings is 1. The van der Waals surface area contributed by atoms with Crippen LogP contribution in [0, 0.1) is 11.8 Å². The zero-order valence-corrected chi connectivity index (χ0v) is 32.2. The zero-order chi connectivity index (χ0) is 38.9. The molecule has 0 radical (unpaired) electrons. The largest absolute Gasteiger partial charge is 0.495 e. The SMILES string of the molecule is COc1cc2cc(c1Cl)N(C)C(=O)CC(OC(=O)CC(C)N(C)C(=O)C(C)C)C1(C)OC1C(C)C1CC(O)(NC(=O)O1)C(OC)/C=C/C=C(\C)C2O. The Morgan fingerprint density at radius 3 is 2.50 bits per heavy atom. The van der Waals surface area contributed by atoms with Crippen LogP contribution in [0.3, 0.4) is 0 Å².